The lowest BCUT2D eigenvalue weighted by Gasteiger charge is -2.00. The van der Waals surface area contributed by atoms with Gasteiger partial charge in [0.15, 0.2) is 11.6 Å². The first-order valence-electron chi connectivity index (χ1n) is 2.56. The lowest BCUT2D eigenvalue weighted by molar-refractivity contribution is 0.405. The Hall–Kier alpha value is -0.160. The summed E-state index contributed by atoms with van der Waals surface area (Å²) in [6.45, 7) is 0. The van der Waals surface area contributed by atoms with Crippen molar-refractivity contribution in [3.8, 4) is 5.75 Å². The normalized spacial score (nSPS) is 10.2. The van der Waals surface area contributed by atoms with Gasteiger partial charge in [-0.25, -0.2) is 4.39 Å². The maximum absolute atomic E-state index is 12.6. The molecule has 1 rings (SSSR count). The molecule has 0 aliphatic carbocycles. The molecule has 0 spiro atoms. The first kappa shape index (κ1) is 8.93. The highest BCUT2D eigenvalue weighted by Gasteiger charge is 2.14. The first-order valence-corrected chi connectivity index (χ1v) is 4.14. The average Bonchev–Trinajstić information content (AvgIpc) is 1.97. The molecule has 0 radical (unpaired) electrons. The van der Waals surface area contributed by atoms with Gasteiger partial charge in [-0.1, -0.05) is 0 Å². The van der Waals surface area contributed by atoms with Crippen molar-refractivity contribution >= 4 is 31.9 Å². The molecule has 1 aromatic rings. The molecule has 0 aliphatic heterocycles. The summed E-state index contributed by atoms with van der Waals surface area (Å²) >= 11 is 5.71. The molecule has 0 saturated carbocycles. The lowest BCUT2D eigenvalue weighted by Crippen LogP contribution is -1.87. The van der Waals surface area contributed by atoms with E-state index in [0.717, 1.165) is 6.07 Å². The first-order chi connectivity index (χ1) is 5.04. The van der Waals surface area contributed by atoms with Crippen LogP contribution in [0.15, 0.2) is 15.0 Å². The zero-order chi connectivity index (χ0) is 8.59. The van der Waals surface area contributed by atoms with Gasteiger partial charge in [-0.15, -0.1) is 0 Å². The van der Waals surface area contributed by atoms with E-state index in [4.69, 9.17) is 5.11 Å². The van der Waals surface area contributed by atoms with Crippen molar-refractivity contribution in [2.75, 3.05) is 0 Å². The van der Waals surface area contributed by atoms with Crippen molar-refractivity contribution in [1.29, 1.82) is 0 Å². The van der Waals surface area contributed by atoms with Crippen LogP contribution in [0.2, 0.25) is 0 Å². The molecule has 0 saturated heterocycles. The summed E-state index contributed by atoms with van der Waals surface area (Å²) in [6.07, 6.45) is 0. The number of hydrogen-bond acceptors (Lipinski definition) is 1. The Kier molecular flexibility index (Phi) is 2.49. The Morgan fingerprint density at radius 3 is 2.27 bits per heavy atom. The number of phenolic OH excluding ortho intramolecular Hbond substituents is 1. The van der Waals surface area contributed by atoms with E-state index in [1.54, 1.807) is 0 Å². The van der Waals surface area contributed by atoms with Crippen molar-refractivity contribution in [2.45, 2.75) is 0 Å². The van der Waals surface area contributed by atoms with Gasteiger partial charge in [0.1, 0.15) is 0 Å². The van der Waals surface area contributed by atoms with Gasteiger partial charge >= 0.3 is 0 Å². The van der Waals surface area contributed by atoms with Crippen LogP contribution in [0, 0.1) is 11.6 Å². The van der Waals surface area contributed by atoms with Crippen LogP contribution < -0.4 is 0 Å². The van der Waals surface area contributed by atoms with Gasteiger partial charge in [0, 0.05) is 4.47 Å². The summed E-state index contributed by atoms with van der Waals surface area (Å²) in [5.74, 6) is -3.06. The highest BCUT2D eigenvalue weighted by Crippen LogP contribution is 2.32. The van der Waals surface area contributed by atoms with Crippen LogP contribution in [0.4, 0.5) is 8.78 Å². The van der Waals surface area contributed by atoms with Gasteiger partial charge in [-0.2, -0.15) is 4.39 Å². The van der Waals surface area contributed by atoms with E-state index >= 15 is 0 Å². The van der Waals surface area contributed by atoms with Crippen LogP contribution in [0.25, 0.3) is 0 Å². The largest absolute Gasteiger partial charge is 0.505 e. The molecular formula is C6H2Br2F2O. The Labute approximate surface area is 78.3 Å². The van der Waals surface area contributed by atoms with E-state index in [-0.39, 0.29) is 8.95 Å². The highest BCUT2D eigenvalue weighted by molar-refractivity contribution is 9.13. The topological polar surface area (TPSA) is 20.2 Å². The van der Waals surface area contributed by atoms with Crippen molar-refractivity contribution < 1.29 is 13.9 Å². The van der Waals surface area contributed by atoms with Crippen LogP contribution in [-0.2, 0) is 0 Å². The Morgan fingerprint density at radius 2 is 1.73 bits per heavy atom. The van der Waals surface area contributed by atoms with Gasteiger partial charge in [0.25, 0.3) is 0 Å². The molecule has 60 valence electrons. The van der Waals surface area contributed by atoms with E-state index in [1.807, 2.05) is 0 Å². The molecule has 0 fully saturated rings. The number of phenols is 1. The van der Waals surface area contributed by atoms with E-state index in [9.17, 15) is 8.78 Å². The summed E-state index contributed by atoms with van der Waals surface area (Å²) in [5, 5.41) is 8.74. The van der Waals surface area contributed by atoms with Crippen molar-refractivity contribution in [2.24, 2.45) is 0 Å². The number of aromatic hydroxyl groups is 1. The molecule has 1 nitrogen and oxygen atoms in total. The molecular weight excluding hydrogens is 286 g/mol. The zero-order valence-corrected chi connectivity index (χ0v) is 8.21. The standard InChI is InChI=1S/C6H2Br2F2O/c7-2-1-3(11)5(9)6(10)4(2)8/h1,11H. The monoisotopic (exact) mass is 286 g/mol. The van der Waals surface area contributed by atoms with Crippen LogP contribution in [-0.4, -0.2) is 5.11 Å². The van der Waals surface area contributed by atoms with E-state index < -0.39 is 17.4 Å². The fraction of sp³-hybridized carbons (Fsp3) is 0. The van der Waals surface area contributed by atoms with E-state index in [0.29, 0.717) is 0 Å². The summed E-state index contributed by atoms with van der Waals surface area (Å²) in [6, 6.07) is 1.07. The molecule has 1 N–H and O–H groups in total. The molecule has 0 unspecified atom stereocenters. The van der Waals surface area contributed by atoms with Crippen molar-refractivity contribution in [3.63, 3.8) is 0 Å². The van der Waals surface area contributed by atoms with E-state index in [2.05, 4.69) is 31.9 Å². The fourth-order valence-corrected chi connectivity index (χ4v) is 1.24. The fourth-order valence-electron chi connectivity index (χ4n) is 0.560. The summed E-state index contributed by atoms with van der Waals surface area (Å²) in [4.78, 5) is 0. The second-order valence-electron chi connectivity index (χ2n) is 1.82. The molecule has 1 aromatic carbocycles. The Bertz CT molecular complexity index is 275. The third-order valence-electron chi connectivity index (χ3n) is 1.08. The third kappa shape index (κ3) is 1.54. The minimum Gasteiger partial charge on any atom is -0.505 e. The second kappa shape index (κ2) is 3.06. The molecule has 0 atom stereocenters. The minimum atomic E-state index is -1.25. The number of hydrogen-bond donors (Lipinski definition) is 1. The average molecular weight is 288 g/mol. The molecule has 0 heterocycles. The predicted octanol–water partition coefficient (Wildman–Crippen LogP) is 3.20. The Balaban J connectivity index is 3.46. The predicted molar refractivity (Wildman–Crippen MR) is 43.4 cm³/mol. The summed E-state index contributed by atoms with van der Waals surface area (Å²) in [5.41, 5.74) is 0. The quantitative estimate of drug-likeness (QED) is 0.574. The zero-order valence-electron chi connectivity index (χ0n) is 5.04. The van der Waals surface area contributed by atoms with Gasteiger partial charge in [0.05, 0.1) is 4.47 Å². The SMILES string of the molecule is Oc1cc(Br)c(Br)c(F)c1F. The minimum absolute atomic E-state index is 0.0344. The van der Waals surface area contributed by atoms with E-state index in [1.165, 1.54) is 0 Å². The maximum Gasteiger partial charge on any atom is 0.201 e. The summed E-state index contributed by atoms with van der Waals surface area (Å²) < 4.78 is 25.4. The second-order valence-corrected chi connectivity index (χ2v) is 3.47. The van der Waals surface area contributed by atoms with Crippen LogP contribution >= 0.6 is 31.9 Å². The van der Waals surface area contributed by atoms with Gasteiger partial charge < -0.3 is 5.11 Å². The molecule has 11 heavy (non-hydrogen) atoms. The molecule has 0 aliphatic rings. The Morgan fingerprint density at radius 1 is 1.18 bits per heavy atom. The van der Waals surface area contributed by atoms with Gasteiger partial charge in [-0.05, 0) is 37.9 Å². The molecule has 0 aromatic heterocycles. The lowest BCUT2D eigenvalue weighted by atomic mass is 10.3. The van der Waals surface area contributed by atoms with Crippen LogP contribution in [0.3, 0.4) is 0 Å². The molecule has 0 amide bonds. The third-order valence-corrected chi connectivity index (χ3v) is 3.02. The van der Waals surface area contributed by atoms with Crippen LogP contribution in [0.5, 0.6) is 5.75 Å². The maximum atomic E-state index is 12.6. The molecule has 0 bridgehead atoms. The molecule has 5 heteroatoms. The summed E-state index contributed by atoms with van der Waals surface area (Å²) in [7, 11) is 0. The van der Waals surface area contributed by atoms with Crippen molar-refractivity contribution in [3.05, 3.63) is 26.6 Å². The number of halogens is 4. The number of rotatable bonds is 0. The number of benzene rings is 1. The highest BCUT2D eigenvalue weighted by atomic mass is 79.9. The smallest absolute Gasteiger partial charge is 0.201 e. The van der Waals surface area contributed by atoms with Gasteiger partial charge in [-0.3, -0.25) is 0 Å². The van der Waals surface area contributed by atoms with Gasteiger partial charge in [0.2, 0.25) is 5.82 Å². The van der Waals surface area contributed by atoms with Crippen molar-refractivity contribution in [1.82, 2.24) is 0 Å². The van der Waals surface area contributed by atoms with Crippen LogP contribution in [0.1, 0.15) is 0 Å².